The Hall–Kier alpha value is 1.05. The van der Waals surface area contributed by atoms with Gasteiger partial charge < -0.3 is 4.43 Å². The largest absolute Gasteiger partial charge is 0.393 e. The normalized spacial score (nSPS) is 12.0. The summed E-state index contributed by atoms with van der Waals surface area (Å²) in [4.78, 5) is 0. The monoisotopic (exact) mass is 206 g/mol. The number of alkyl halides is 1. The van der Waals surface area contributed by atoms with Crippen LogP contribution in [0.3, 0.4) is 0 Å². The number of hydrogen-bond donors (Lipinski definition) is 0. The van der Waals surface area contributed by atoms with Crippen LogP contribution in [0.2, 0.25) is 6.04 Å². The molecule has 0 aromatic carbocycles. The van der Waals surface area contributed by atoms with Gasteiger partial charge in [0.2, 0.25) is 0 Å². The summed E-state index contributed by atoms with van der Waals surface area (Å²) in [5.74, 6) is 0.471. The highest BCUT2D eigenvalue weighted by Crippen LogP contribution is 2.21. The molecule has 0 unspecified atom stereocenters. The lowest BCUT2D eigenvalue weighted by atomic mass is 10.9. The molecular formula is C4H9Cl3OSi. The summed E-state index contributed by atoms with van der Waals surface area (Å²) in [6, 6.07) is 0.589. The van der Waals surface area contributed by atoms with E-state index in [9.17, 15) is 0 Å². The fourth-order valence-corrected chi connectivity index (χ4v) is 3.78. The van der Waals surface area contributed by atoms with Crippen molar-refractivity contribution in [2.24, 2.45) is 0 Å². The van der Waals surface area contributed by atoms with E-state index in [-0.39, 0.29) is 0 Å². The summed E-state index contributed by atoms with van der Waals surface area (Å²) in [6.45, 7) is 0.0366. The van der Waals surface area contributed by atoms with E-state index in [0.29, 0.717) is 18.5 Å². The van der Waals surface area contributed by atoms with Gasteiger partial charge >= 0.3 is 6.94 Å². The van der Waals surface area contributed by atoms with E-state index in [1.807, 2.05) is 6.92 Å². The minimum Gasteiger partial charge on any atom is -0.393 e. The molecular weight excluding hydrogens is 198 g/mol. The molecule has 0 fully saturated rings. The molecule has 0 N–H and O–H groups in total. The first kappa shape index (κ1) is 10.0. The van der Waals surface area contributed by atoms with E-state index in [1.165, 1.54) is 0 Å². The summed E-state index contributed by atoms with van der Waals surface area (Å²) in [5, 5.41) is 0. The van der Waals surface area contributed by atoms with E-state index in [4.69, 9.17) is 38.2 Å². The quantitative estimate of drug-likeness (QED) is 0.391. The third-order valence-electron chi connectivity index (χ3n) is 0.741. The zero-order chi connectivity index (χ0) is 7.33. The van der Waals surface area contributed by atoms with Crippen LogP contribution < -0.4 is 0 Å². The van der Waals surface area contributed by atoms with E-state index in [1.54, 1.807) is 0 Å². The maximum Gasteiger partial charge on any atom is 0.390 e. The van der Waals surface area contributed by atoms with Crippen LogP contribution in [0, 0.1) is 0 Å². The van der Waals surface area contributed by atoms with Crippen LogP contribution in [-0.2, 0) is 4.43 Å². The van der Waals surface area contributed by atoms with E-state index in [0.717, 1.165) is 0 Å². The Balaban J connectivity index is 3.43. The van der Waals surface area contributed by atoms with Gasteiger partial charge in [-0.3, -0.25) is 0 Å². The van der Waals surface area contributed by atoms with Gasteiger partial charge in [0, 0.05) is 18.5 Å². The van der Waals surface area contributed by atoms with Gasteiger partial charge in [-0.1, -0.05) is 0 Å². The molecule has 0 aliphatic carbocycles. The number of halogens is 3. The lowest BCUT2D eigenvalue weighted by Crippen LogP contribution is -2.24. The van der Waals surface area contributed by atoms with Crippen LogP contribution in [0.25, 0.3) is 0 Å². The average Bonchev–Trinajstić information content (AvgIpc) is 1.64. The summed E-state index contributed by atoms with van der Waals surface area (Å²) in [7, 11) is 0. The Morgan fingerprint density at radius 2 is 2.00 bits per heavy atom. The molecule has 0 saturated carbocycles. The molecule has 0 radical (unpaired) electrons. The second-order valence-electron chi connectivity index (χ2n) is 1.51. The van der Waals surface area contributed by atoms with Gasteiger partial charge in [-0.05, 0) is 6.92 Å². The van der Waals surface area contributed by atoms with Crippen LogP contribution in [0.1, 0.15) is 6.92 Å². The number of hydrogen-bond acceptors (Lipinski definition) is 1. The predicted octanol–water partition coefficient (Wildman–Crippen LogP) is 2.68. The van der Waals surface area contributed by atoms with Gasteiger partial charge in [0.05, 0.1) is 0 Å². The molecule has 56 valence electrons. The Morgan fingerprint density at radius 1 is 1.44 bits per heavy atom. The molecule has 0 spiro atoms. The lowest BCUT2D eigenvalue weighted by Gasteiger charge is -2.13. The molecule has 0 saturated heterocycles. The molecule has 0 aliphatic rings. The van der Waals surface area contributed by atoms with Crippen molar-refractivity contribution in [1.29, 1.82) is 0 Å². The second-order valence-corrected chi connectivity index (χ2v) is 8.19. The topological polar surface area (TPSA) is 9.23 Å². The Kier molecular flexibility index (Phi) is 5.36. The third kappa shape index (κ3) is 5.49. The molecule has 0 atom stereocenters. The van der Waals surface area contributed by atoms with Crippen molar-refractivity contribution in [3.05, 3.63) is 0 Å². The predicted molar refractivity (Wildman–Crippen MR) is 44.6 cm³/mol. The third-order valence-corrected chi connectivity index (χ3v) is 4.58. The fraction of sp³-hybridized carbons (Fsp3) is 1.00. The molecule has 0 amide bonds. The zero-order valence-corrected chi connectivity index (χ0v) is 8.43. The van der Waals surface area contributed by atoms with E-state index in [2.05, 4.69) is 0 Å². The van der Waals surface area contributed by atoms with Crippen molar-refractivity contribution >= 4 is 40.7 Å². The maximum atomic E-state index is 5.73. The zero-order valence-electron chi connectivity index (χ0n) is 5.16. The molecule has 1 nitrogen and oxygen atoms in total. The van der Waals surface area contributed by atoms with Crippen molar-refractivity contribution in [2.75, 3.05) is 12.5 Å². The standard InChI is InChI=1S/C4H9Cl3OSi/c1-2-8-9(6,7)4-3-5/h2-4H2,1H3. The van der Waals surface area contributed by atoms with Crippen molar-refractivity contribution in [3.63, 3.8) is 0 Å². The lowest BCUT2D eigenvalue weighted by molar-refractivity contribution is 0.349. The second kappa shape index (κ2) is 4.80. The molecule has 0 aromatic rings. The smallest absolute Gasteiger partial charge is 0.390 e. The van der Waals surface area contributed by atoms with Crippen LogP contribution in [-0.4, -0.2) is 19.4 Å². The summed E-state index contributed by atoms with van der Waals surface area (Å²) in [6.07, 6.45) is 0. The van der Waals surface area contributed by atoms with E-state index >= 15 is 0 Å². The number of rotatable bonds is 4. The molecule has 0 rings (SSSR count). The highest BCUT2D eigenvalue weighted by Gasteiger charge is 2.28. The molecule has 9 heavy (non-hydrogen) atoms. The van der Waals surface area contributed by atoms with Crippen LogP contribution in [0.5, 0.6) is 0 Å². The van der Waals surface area contributed by atoms with Crippen molar-refractivity contribution < 1.29 is 4.43 Å². The highest BCUT2D eigenvalue weighted by atomic mass is 35.7. The van der Waals surface area contributed by atoms with Crippen LogP contribution >= 0.6 is 33.8 Å². The van der Waals surface area contributed by atoms with Gasteiger partial charge in [0.1, 0.15) is 0 Å². The first-order chi connectivity index (χ1) is 4.12. The molecule has 0 heterocycles. The molecule has 0 aliphatic heterocycles. The van der Waals surface area contributed by atoms with Gasteiger partial charge in [0.25, 0.3) is 0 Å². The molecule has 0 bridgehead atoms. The van der Waals surface area contributed by atoms with Crippen LogP contribution in [0.15, 0.2) is 0 Å². The Bertz CT molecular complexity index is 70.2. The van der Waals surface area contributed by atoms with E-state index < -0.39 is 6.94 Å². The minimum atomic E-state index is -2.39. The summed E-state index contributed by atoms with van der Waals surface area (Å²) < 4.78 is 5.06. The van der Waals surface area contributed by atoms with Gasteiger partial charge in [-0.25, -0.2) is 0 Å². The molecule has 0 aromatic heterocycles. The van der Waals surface area contributed by atoms with Crippen molar-refractivity contribution in [2.45, 2.75) is 13.0 Å². The first-order valence-electron chi connectivity index (χ1n) is 2.70. The Labute approximate surface area is 70.8 Å². The highest BCUT2D eigenvalue weighted by molar-refractivity contribution is 7.42. The van der Waals surface area contributed by atoms with Crippen molar-refractivity contribution in [1.82, 2.24) is 0 Å². The van der Waals surface area contributed by atoms with Gasteiger partial charge in [-0.2, -0.15) is 0 Å². The average molecular weight is 208 g/mol. The minimum absolute atomic E-state index is 0.471. The first-order valence-corrected chi connectivity index (χ1v) is 7.37. The SMILES string of the molecule is CCO[Si](Cl)(Cl)CCCl. The summed E-state index contributed by atoms with van der Waals surface area (Å²) in [5.41, 5.74) is 0. The van der Waals surface area contributed by atoms with Crippen LogP contribution in [0.4, 0.5) is 0 Å². The fourth-order valence-electron chi connectivity index (χ4n) is 0.393. The summed E-state index contributed by atoms with van der Waals surface area (Å²) >= 11 is 16.9. The maximum absolute atomic E-state index is 5.73. The molecule has 5 heteroatoms. The van der Waals surface area contributed by atoms with Gasteiger partial charge in [0.15, 0.2) is 0 Å². The Morgan fingerprint density at radius 3 is 2.33 bits per heavy atom. The van der Waals surface area contributed by atoms with Crippen molar-refractivity contribution in [3.8, 4) is 0 Å². The van der Waals surface area contributed by atoms with Gasteiger partial charge in [-0.15, -0.1) is 33.8 Å².